The lowest BCUT2D eigenvalue weighted by Crippen LogP contribution is -2.15. The maximum Gasteiger partial charge on any atom is 0.398 e. The number of phenolic OH excluding ortho intramolecular Hbond substituents is 1. The van der Waals surface area contributed by atoms with Gasteiger partial charge in [-0.2, -0.15) is 49.0 Å². The minimum Gasteiger partial charge on any atom is -0.507 e. The molecule has 0 amide bonds. The lowest BCUT2D eigenvalue weighted by molar-refractivity contribution is 0.283. The molecule has 0 bridgehead atoms. The van der Waals surface area contributed by atoms with Gasteiger partial charge in [0.2, 0.25) is 9.84 Å². The first-order chi connectivity index (χ1) is 33.8. The van der Waals surface area contributed by atoms with Crippen molar-refractivity contribution < 1.29 is 82.2 Å². The van der Waals surface area contributed by atoms with Crippen LogP contribution in [0.4, 0.5) is 62.6 Å². The predicted octanol–water partition coefficient (Wildman–Crippen LogP) is 6.59. The van der Waals surface area contributed by atoms with Crippen LogP contribution in [0.2, 0.25) is 0 Å². The van der Waals surface area contributed by atoms with Crippen LogP contribution in [0.5, 0.6) is 5.75 Å². The first kappa shape index (κ1) is 55.0. The van der Waals surface area contributed by atoms with E-state index in [2.05, 4.69) is 49.3 Å². The fourth-order valence-corrected chi connectivity index (χ4v) is 10.3. The van der Waals surface area contributed by atoms with E-state index < -0.39 is 105 Å². The molecule has 0 aliphatic rings. The molecule has 0 unspecified atom stereocenters. The van der Waals surface area contributed by atoms with Crippen molar-refractivity contribution in [2.75, 3.05) is 35.5 Å². The maximum absolute atomic E-state index is 12.6. The maximum atomic E-state index is 12.6. The number of hydrogen-bond donors (Lipinski definition) is 8. The Morgan fingerprint density at radius 2 is 0.945 bits per heavy atom. The molecule has 30 nitrogen and oxygen atoms in total. The highest BCUT2D eigenvalue weighted by atomic mass is 32.3. The Labute approximate surface area is 412 Å². The summed E-state index contributed by atoms with van der Waals surface area (Å²) in [5.74, 6) is -2.95. The average molecular weight is 1130 g/mol. The molecule has 386 valence electrons. The van der Waals surface area contributed by atoms with E-state index in [1.807, 2.05) is 0 Å². The van der Waals surface area contributed by atoms with Crippen LogP contribution in [0, 0.1) is 0 Å². The van der Waals surface area contributed by atoms with Crippen LogP contribution in [0.1, 0.15) is 0 Å². The van der Waals surface area contributed by atoms with E-state index in [0.29, 0.717) is 0 Å². The van der Waals surface area contributed by atoms with E-state index in [1.165, 1.54) is 24.3 Å². The number of anilines is 3. The number of sulfone groups is 2. The number of aromatic hydroxyl groups is 1. The number of benzene rings is 6. The molecule has 6 rings (SSSR count). The Balaban J connectivity index is 1.37. The quantitative estimate of drug-likeness (QED) is 0.0241. The molecular weight excluding hydrogens is 1090 g/mol. The van der Waals surface area contributed by atoms with Gasteiger partial charge >= 0.3 is 20.8 Å². The van der Waals surface area contributed by atoms with E-state index in [1.54, 1.807) is 0 Å². The second-order valence-electron chi connectivity index (χ2n) is 14.4. The van der Waals surface area contributed by atoms with Crippen molar-refractivity contribution in [2.45, 2.75) is 19.6 Å². The Kier molecular flexibility index (Phi) is 15.8. The van der Waals surface area contributed by atoms with Crippen LogP contribution < -0.4 is 17.2 Å². The highest BCUT2D eigenvalue weighted by molar-refractivity contribution is 7.92. The number of azo groups is 4. The molecule has 0 saturated heterocycles. The third-order valence-electron chi connectivity index (χ3n) is 9.33. The minimum absolute atomic E-state index is 0.0222. The highest BCUT2D eigenvalue weighted by Crippen LogP contribution is 2.46. The lowest BCUT2D eigenvalue weighted by Gasteiger charge is -2.10. The van der Waals surface area contributed by atoms with Gasteiger partial charge in [0.25, 0.3) is 20.2 Å². The van der Waals surface area contributed by atoms with Crippen LogP contribution in [0.3, 0.4) is 0 Å². The number of nitrogens with two attached hydrogens (primary N) is 3. The van der Waals surface area contributed by atoms with E-state index >= 15 is 0 Å². The molecule has 0 heterocycles. The van der Waals surface area contributed by atoms with E-state index in [9.17, 15) is 64.7 Å². The van der Waals surface area contributed by atoms with Crippen molar-refractivity contribution in [1.29, 1.82) is 0 Å². The Morgan fingerprint density at radius 1 is 0.452 bits per heavy atom. The van der Waals surface area contributed by atoms with E-state index in [4.69, 9.17) is 26.3 Å². The van der Waals surface area contributed by atoms with Crippen molar-refractivity contribution in [3.63, 3.8) is 0 Å². The van der Waals surface area contributed by atoms with Gasteiger partial charge in [-0.1, -0.05) is 6.07 Å². The van der Waals surface area contributed by atoms with Crippen molar-refractivity contribution in [3.8, 4) is 5.75 Å². The molecule has 0 fully saturated rings. The molecule has 6 aromatic rings. The molecule has 11 N–H and O–H groups in total. The molecule has 0 aromatic heterocycles. The zero-order valence-electron chi connectivity index (χ0n) is 36.1. The SMILES string of the molecule is Nc1ccc2cc(S(=O)(=O)O)cc(O)c2c1N=Nc1ccc(N=Nc2cc(N=Nc3ccc(S(=O)(=O)CCOS(=O)(=O)O)cc3)c(N)c(N=Nc3ccc(S(=O)(=O)COS(=O)(=O)O)cc3)c2N)cc1S(=O)(=O)O. The van der Waals surface area contributed by atoms with Crippen LogP contribution in [-0.2, 0) is 69.1 Å². The largest absolute Gasteiger partial charge is 0.507 e. The summed E-state index contributed by atoms with van der Waals surface area (Å²) in [5.41, 5.74) is 16.1. The van der Waals surface area contributed by atoms with Gasteiger partial charge in [0.1, 0.15) is 39.1 Å². The molecule has 0 atom stereocenters. The van der Waals surface area contributed by atoms with Crippen LogP contribution in [0.25, 0.3) is 10.8 Å². The van der Waals surface area contributed by atoms with Crippen LogP contribution in [0.15, 0.2) is 158 Å². The Hall–Kier alpha value is -7.36. The number of fused-ring (bicyclic) bond motifs is 1. The van der Waals surface area contributed by atoms with Gasteiger partial charge in [-0.3, -0.25) is 18.2 Å². The number of phenols is 1. The zero-order valence-corrected chi connectivity index (χ0v) is 41.0. The Bertz CT molecular complexity index is 4010. The van der Waals surface area contributed by atoms with Gasteiger partial charge in [0, 0.05) is 6.07 Å². The van der Waals surface area contributed by atoms with Gasteiger partial charge in [0.15, 0.2) is 15.8 Å². The molecule has 0 aliphatic heterocycles. The molecule has 0 saturated carbocycles. The third-order valence-corrected chi connectivity index (χ3v) is 15.2. The van der Waals surface area contributed by atoms with Crippen molar-refractivity contribution in [1.82, 2.24) is 0 Å². The monoisotopic (exact) mass is 1130 g/mol. The summed E-state index contributed by atoms with van der Waals surface area (Å²) in [6.45, 7) is -0.886. The third kappa shape index (κ3) is 14.2. The standard InChI is InChI=1S/C37H33N11O19S6/c38-27-11-1-20-15-26(70(54,55)56)17-31(49)33(20)36(27)47-44-28-12-6-23(16-32(28)71(57,58)59)43-46-30-18-29(45-41-21-2-7-24(8-3-21)68(50,51)14-13-66-72(60,61)62)34(39)37(35(30)40)48-42-22-4-9-25(10-5-22)69(52,53)19-67-73(63,64)65/h1-12,15-18,49H,13-14,19,38-40H2,(H,54,55,56)(H,57,58,59)(H,60,61,62)(H,63,64,65). The molecule has 0 spiro atoms. The van der Waals surface area contributed by atoms with Gasteiger partial charge in [-0.15, -0.1) is 25.6 Å². The van der Waals surface area contributed by atoms with Crippen molar-refractivity contribution in [2.24, 2.45) is 40.9 Å². The first-order valence-electron chi connectivity index (χ1n) is 19.2. The summed E-state index contributed by atoms with van der Waals surface area (Å²) in [7, 11) is -28.4. The van der Waals surface area contributed by atoms with E-state index in [-0.39, 0.29) is 72.5 Å². The van der Waals surface area contributed by atoms with Crippen LogP contribution >= 0.6 is 0 Å². The zero-order chi connectivity index (χ0) is 53.9. The summed E-state index contributed by atoms with van der Waals surface area (Å²) >= 11 is 0. The number of nitrogen functional groups attached to an aromatic ring is 3. The minimum atomic E-state index is -5.13. The summed E-state index contributed by atoms with van der Waals surface area (Å²) in [4.78, 5) is -2.28. The van der Waals surface area contributed by atoms with Crippen LogP contribution in [-0.4, -0.2) is 92.1 Å². The topological polar surface area (TPSA) is 501 Å². The molecule has 73 heavy (non-hydrogen) atoms. The molecule has 36 heteroatoms. The smallest absolute Gasteiger partial charge is 0.398 e. The predicted molar refractivity (Wildman–Crippen MR) is 255 cm³/mol. The van der Waals surface area contributed by atoms with Crippen molar-refractivity contribution >= 4 is 134 Å². The van der Waals surface area contributed by atoms with E-state index in [0.717, 1.165) is 72.8 Å². The lowest BCUT2D eigenvalue weighted by atomic mass is 10.1. The number of hydrogen-bond acceptors (Lipinski definition) is 26. The summed E-state index contributed by atoms with van der Waals surface area (Å²) in [6, 6.07) is 17.3. The number of nitrogens with zero attached hydrogens (tertiary/aromatic N) is 8. The normalized spacial score (nSPS) is 13.3. The fourth-order valence-electron chi connectivity index (χ4n) is 5.91. The second-order valence-corrected chi connectivity index (χ2v) is 23.4. The van der Waals surface area contributed by atoms with Crippen molar-refractivity contribution in [3.05, 3.63) is 97.1 Å². The summed E-state index contributed by atoms with van der Waals surface area (Å²) < 4.78 is 188. The summed E-state index contributed by atoms with van der Waals surface area (Å²) in [5, 5.41) is 42.6. The number of rotatable bonds is 19. The molecule has 0 radical (unpaired) electrons. The fraction of sp³-hybridized carbons (Fsp3) is 0.0811. The first-order valence-corrected chi connectivity index (χ1v) is 28.2. The summed E-state index contributed by atoms with van der Waals surface area (Å²) in [6.07, 6.45) is 0. The van der Waals surface area contributed by atoms with Gasteiger partial charge in [-0.05, 0) is 90.3 Å². The molecule has 0 aliphatic carbocycles. The van der Waals surface area contributed by atoms with Gasteiger partial charge in [0.05, 0.1) is 66.6 Å². The van der Waals surface area contributed by atoms with Gasteiger partial charge in [-0.25, -0.2) is 25.2 Å². The average Bonchev–Trinajstić information content (AvgIpc) is 3.29. The molecule has 6 aromatic carbocycles. The molecular formula is C37H33N11O19S6. The Morgan fingerprint density at radius 3 is 1.48 bits per heavy atom. The highest BCUT2D eigenvalue weighted by Gasteiger charge is 2.22. The second kappa shape index (κ2) is 21.0. The van der Waals surface area contributed by atoms with Gasteiger partial charge < -0.3 is 22.3 Å².